The molecule has 0 bridgehead atoms. The molecule has 1 unspecified atom stereocenters. The lowest BCUT2D eigenvalue weighted by molar-refractivity contribution is -0.145. The number of carboxylic acid groups (broad SMARTS) is 1. The molecule has 0 heterocycles. The average molecular weight is 526 g/mol. The van der Waals surface area contributed by atoms with Crippen molar-refractivity contribution in [1.29, 1.82) is 5.26 Å². The zero-order valence-corrected chi connectivity index (χ0v) is 21.6. The predicted octanol–water partition coefficient (Wildman–Crippen LogP) is 5.09. The minimum atomic E-state index is -1.15. The third kappa shape index (κ3) is 7.02. The van der Waals surface area contributed by atoms with Gasteiger partial charge in [0.2, 0.25) is 5.91 Å². The molecule has 2 N–H and O–H groups in total. The van der Waals surface area contributed by atoms with Gasteiger partial charge in [0.15, 0.2) is 0 Å². The second-order valence-electron chi connectivity index (χ2n) is 9.50. The first kappa shape index (κ1) is 27.4. The summed E-state index contributed by atoms with van der Waals surface area (Å²) in [5.41, 5.74) is 5.14. The normalized spacial score (nSPS) is 12.5. The molecule has 2 amide bonds. The molecule has 200 valence electrons. The van der Waals surface area contributed by atoms with E-state index in [4.69, 9.17) is 10.00 Å². The van der Waals surface area contributed by atoms with Gasteiger partial charge in [-0.3, -0.25) is 9.59 Å². The zero-order valence-electron chi connectivity index (χ0n) is 21.6. The Morgan fingerprint density at radius 3 is 2.15 bits per heavy atom. The highest BCUT2D eigenvalue weighted by atomic mass is 16.5. The average Bonchev–Trinajstić information content (AvgIpc) is 3.27. The SMILES string of the molecule is N#CCCCCC(NC(=O)OCC1c2ccccc2-c2ccccc21)C(=O)N(CC(=O)O)Cc1ccccc1. The number of alkyl carbamates (subject to hydrolysis) is 1. The first-order valence-electron chi connectivity index (χ1n) is 13.0. The third-order valence-corrected chi connectivity index (χ3v) is 6.82. The van der Waals surface area contributed by atoms with Crippen LogP contribution in [0.5, 0.6) is 0 Å². The van der Waals surface area contributed by atoms with Crippen LogP contribution in [0, 0.1) is 11.3 Å². The third-order valence-electron chi connectivity index (χ3n) is 6.82. The maximum Gasteiger partial charge on any atom is 0.407 e. The molecular weight excluding hydrogens is 494 g/mol. The van der Waals surface area contributed by atoms with Gasteiger partial charge in [-0.1, -0.05) is 78.9 Å². The van der Waals surface area contributed by atoms with E-state index in [9.17, 15) is 19.5 Å². The van der Waals surface area contributed by atoms with Crippen LogP contribution < -0.4 is 5.32 Å². The molecule has 0 aromatic heterocycles. The molecule has 1 aliphatic carbocycles. The van der Waals surface area contributed by atoms with E-state index >= 15 is 0 Å². The van der Waals surface area contributed by atoms with Crippen molar-refractivity contribution in [2.24, 2.45) is 0 Å². The van der Waals surface area contributed by atoms with Gasteiger partial charge in [-0.2, -0.15) is 5.26 Å². The molecule has 1 aliphatic rings. The van der Waals surface area contributed by atoms with Gasteiger partial charge in [-0.15, -0.1) is 0 Å². The maximum absolute atomic E-state index is 13.5. The van der Waals surface area contributed by atoms with Crippen molar-refractivity contribution in [1.82, 2.24) is 10.2 Å². The highest BCUT2D eigenvalue weighted by Gasteiger charge is 2.31. The lowest BCUT2D eigenvalue weighted by Crippen LogP contribution is -2.49. The van der Waals surface area contributed by atoms with Gasteiger partial charge in [0.25, 0.3) is 0 Å². The number of carboxylic acids is 1. The van der Waals surface area contributed by atoms with E-state index in [2.05, 4.69) is 11.4 Å². The maximum atomic E-state index is 13.5. The van der Waals surface area contributed by atoms with Crippen molar-refractivity contribution >= 4 is 18.0 Å². The van der Waals surface area contributed by atoms with E-state index in [0.717, 1.165) is 27.8 Å². The van der Waals surface area contributed by atoms with Gasteiger partial charge >= 0.3 is 12.1 Å². The number of nitrogens with one attached hydrogen (secondary N) is 1. The van der Waals surface area contributed by atoms with Crippen LogP contribution >= 0.6 is 0 Å². The summed E-state index contributed by atoms with van der Waals surface area (Å²) < 4.78 is 5.64. The summed E-state index contributed by atoms with van der Waals surface area (Å²) in [5, 5.41) is 21.0. The molecule has 0 fully saturated rings. The number of hydrogen-bond donors (Lipinski definition) is 2. The van der Waals surface area contributed by atoms with Crippen molar-refractivity contribution in [3.63, 3.8) is 0 Å². The smallest absolute Gasteiger partial charge is 0.407 e. The Morgan fingerprint density at radius 2 is 1.54 bits per heavy atom. The van der Waals surface area contributed by atoms with Crippen LogP contribution in [-0.2, 0) is 20.9 Å². The molecule has 4 rings (SSSR count). The number of fused-ring (bicyclic) bond motifs is 3. The van der Waals surface area contributed by atoms with E-state index in [1.807, 2.05) is 78.9 Å². The van der Waals surface area contributed by atoms with Crippen molar-refractivity contribution in [3.8, 4) is 17.2 Å². The summed E-state index contributed by atoms with van der Waals surface area (Å²) in [6.45, 7) is -0.320. The van der Waals surface area contributed by atoms with Gasteiger partial charge in [0.1, 0.15) is 19.2 Å². The number of benzene rings is 3. The molecule has 1 atom stereocenters. The van der Waals surface area contributed by atoms with Crippen LogP contribution in [0.4, 0.5) is 4.79 Å². The van der Waals surface area contributed by atoms with Crippen molar-refractivity contribution < 1.29 is 24.2 Å². The number of rotatable bonds is 12. The van der Waals surface area contributed by atoms with Crippen LogP contribution in [0.3, 0.4) is 0 Å². The monoisotopic (exact) mass is 525 g/mol. The number of unbranched alkanes of at least 4 members (excludes halogenated alkanes) is 2. The second-order valence-corrected chi connectivity index (χ2v) is 9.50. The van der Waals surface area contributed by atoms with E-state index < -0.39 is 30.6 Å². The summed E-state index contributed by atoms with van der Waals surface area (Å²) in [4.78, 5) is 39.2. The minimum absolute atomic E-state index is 0.0903. The molecule has 0 radical (unpaired) electrons. The Kier molecular flexibility index (Phi) is 9.30. The van der Waals surface area contributed by atoms with E-state index in [1.165, 1.54) is 4.90 Å². The molecule has 39 heavy (non-hydrogen) atoms. The van der Waals surface area contributed by atoms with Crippen molar-refractivity contribution in [2.45, 2.75) is 44.2 Å². The first-order chi connectivity index (χ1) is 19.0. The van der Waals surface area contributed by atoms with E-state index in [1.54, 1.807) is 0 Å². The lowest BCUT2D eigenvalue weighted by atomic mass is 9.98. The molecule has 0 saturated heterocycles. The van der Waals surface area contributed by atoms with Crippen LogP contribution in [0.25, 0.3) is 11.1 Å². The summed E-state index contributed by atoms with van der Waals surface area (Å²) in [6, 6.07) is 26.2. The quantitative estimate of drug-likeness (QED) is 0.318. The standard InChI is InChI=1S/C31H31N3O5/c32-18-10-2-5-17-28(30(37)34(20-29(35)36)19-22-11-3-1-4-12-22)33-31(38)39-21-27-25-15-8-6-13-23(25)24-14-7-9-16-26(24)27/h1,3-4,6-9,11-16,27-28H,2,5,10,17,19-21H2,(H,33,38)(H,35,36). The van der Waals surface area contributed by atoms with E-state index in [0.29, 0.717) is 19.3 Å². The van der Waals surface area contributed by atoms with E-state index in [-0.39, 0.29) is 25.5 Å². The molecule has 0 saturated carbocycles. The molecule has 0 aliphatic heterocycles. The number of carbonyl (C=O) groups excluding carboxylic acids is 2. The van der Waals surface area contributed by atoms with Gasteiger partial charge in [-0.05, 0) is 47.1 Å². The zero-order chi connectivity index (χ0) is 27.6. The molecule has 0 spiro atoms. The molecule has 3 aromatic carbocycles. The molecule has 3 aromatic rings. The Bertz CT molecular complexity index is 1310. The Morgan fingerprint density at radius 1 is 0.923 bits per heavy atom. The topological polar surface area (TPSA) is 120 Å². The van der Waals surface area contributed by atoms with Crippen molar-refractivity contribution in [2.75, 3.05) is 13.2 Å². The fraction of sp³-hybridized carbons (Fsp3) is 0.290. The van der Waals surface area contributed by atoms with Gasteiger partial charge in [0.05, 0.1) is 6.07 Å². The molecule has 8 nitrogen and oxygen atoms in total. The van der Waals surface area contributed by atoms with Crippen LogP contribution in [0.15, 0.2) is 78.9 Å². The molecule has 8 heteroatoms. The van der Waals surface area contributed by atoms with Gasteiger partial charge < -0.3 is 20.1 Å². The first-order valence-corrected chi connectivity index (χ1v) is 13.0. The number of ether oxygens (including phenoxy) is 1. The van der Waals surface area contributed by atoms with Gasteiger partial charge in [-0.25, -0.2) is 4.79 Å². The Labute approximate surface area is 227 Å². The number of amides is 2. The largest absolute Gasteiger partial charge is 0.480 e. The van der Waals surface area contributed by atoms with Gasteiger partial charge in [0, 0.05) is 18.9 Å². The fourth-order valence-electron chi connectivity index (χ4n) is 4.99. The Balaban J connectivity index is 1.46. The summed E-state index contributed by atoms with van der Waals surface area (Å²) in [5.74, 6) is -1.79. The van der Waals surface area contributed by atoms with Crippen LogP contribution in [0.1, 0.15) is 48.3 Å². The summed E-state index contributed by atoms with van der Waals surface area (Å²) >= 11 is 0. The number of carbonyl (C=O) groups is 3. The van der Waals surface area contributed by atoms with Crippen LogP contribution in [-0.4, -0.2) is 47.2 Å². The minimum Gasteiger partial charge on any atom is -0.480 e. The van der Waals surface area contributed by atoms with Crippen LogP contribution in [0.2, 0.25) is 0 Å². The van der Waals surface area contributed by atoms with Crippen molar-refractivity contribution in [3.05, 3.63) is 95.6 Å². The number of nitriles is 1. The number of aliphatic carboxylic acids is 1. The highest BCUT2D eigenvalue weighted by Crippen LogP contribution is 2.44. The predicted molar refractivity (Wildman–Crippen MR) is 146 cm³/mol. The fourth-order valence-corrected chi connectivity index (χ4v) is 4.99. The number of nitrogens with zero attached hydrogens (tertiary/aromatic N) is 2. The summed E-state index contributed by atoms with van der Waals surface area (Å²) in [6.07, 6.45) is 0.916. The summed E-state index contributed by atoms with van der Waals surface area (Å²) in [7, 11) is 0. The number of hydrogen-bond acceptors (Lipinski definition) is 5. The Hall–Kier alpha value is -4.64. The molecular formula is C31H31N3O5. The second kappa shape index (κ2) is 13.2. The lowest BCUT2D eigenvalue weighted by Gasteiger charge is -2.27. The highest BCUT2D eigenvalue weighted by molar-refractivity contribution is 5.88.